The molecule has 2 aliphatic rings. The highest BCUT2D eigenvalue weighted by atomic mass is 32.1. The number of nitrogens with one attached hydrogen (secondary N) is 2. The van der Waals surface area contributed by atoms with Crippen molar-refractivity contribution in [1.29, 1.82) is 0 Å². The van der Waals surface area contributed by atoms with Gasteiger partial charge in [0.2, 0.25) is 0 Å². The lowest BCUT2D eigenvalue weighted by Crippen LogP contribution is -2.39. The molecule has 74 valence electrons. The van der Waals surface area contributed by atoms with Gasteiger partial charge in [0.25, 0.3) is 0 Å². The highest BCUT2D eigenvalue weighted by Gasteiger charge is 2.30. The fourth-order valence-electron chi connectivity index (χ4n) is 2.67. The van der Waals surface area contributed by atoms with E-state index < -0.39 is 0 Å². The lowest BCUT2D eigenvalue weighted by molar-refractivity contribution is 0.313. The zero-order valence-electron chi connectivity index (χ0n) is 7.92. The van der Waals surface area contributed by atoms with Crippen LogP contribution in [0.4, 0.5) is 0 Å². The number of rotatable bonds is 0. The fraction of sp³-hybridized carbons (Fsp3) is 0.600. The van der Waals surface area contributed by atoms with Crippen molar-refractivity contribution >= 4 is 12.2 Å². The molecule has 3 rings (SSSR count). The van der Waals surface area contributed by atoms with Gasteiger partial charge in [-0.1, -0.05) is 0 Å². The molecule has 1 saturated heterocycles. The molecule has 1 aliphatic carbocycles. The molecule has 2 bridgehead atoms. The van der Waals surface area contributed by atoms with E-state index in [0.29, 0.717) is 10.7 Å². The first-order chi connectivity index (χ1) is 6.83. The van der Waals surface area contributed by atoms with E-state index in [1.165, 1.54) is 17.7 Å². The van der Waals surface area contributed by atoms with E-state index in [0.717, 1.165) is 25.4 Å². The van der Waals surface area contributed by atoms with Gasteiger partial charge in [-0.25, -0.2) is 4.98 Å². The Balaban J connectivity index is 2.10. The molecule has 1 fully saturated rings. The molecule has 2 heterocycles. The normalized spacial score (nSPS) is 29.7. The first-order valence-electron chi connectivity index (χ1n) is 5.12. The summed E-state index contributed by atoms with van der Waals surface area (Å²) in [5.41, 5.74) is 2.70. The van der Waals surface area contributed by atoms with Gasteiger partial charge in [0.1, 0.15) is 0 Å². The van der Waals surface area contributed by atoms with Gasteiger partial charge in [0.15, 0.2) is 4.77 Å². The maximum absolute atomic E-state index is 5.05. The minimum Gasteiger partial charge on any atom is -0.334 e. The molecule has 2 N–H and O–H groups in total. The van der Waals surface area contributed by atoms with Crippen LogP contribution in [0.15, 0.2) is 6.20 Å². The molecule has 1 aliphatic heterocycles. The summed E-state index contributed by atoms with van der Waals surface area (Å²) in [7, 11) is 0. The average Bonchev–Trinajstić information content (AvgIpc) is 2.17. The van der Waals surface area contributed by atoms with Crippen LogP contribution in [0.25, 0.3) is 0 Å². The van der Waals surface area contributed by atoms with Crippen molar-refractivity contribution < 1.29 is 0 Å². The van der Waals surface area contributed by atoms with E-state index >= 15 is 0 Å². The molecule has 4 heteroatoms. The van der Waals surface area contributed by atoms with E-state index in [1.807, 2.05) is 6.20 Å². The second-order valence-corrected chi connectivity index (χ2v) is 4.67. The number of aromatic amines is 1. The number of nitrogens with zero attached hydrogens (tertiary/aromatic N) is 1. The second kappa shape index (κ2) is 3.14. The summed E-state index contributed by atoms with van der Waals surface area (Å²) >= 11 is 5.05. The number of H-pyrrole nitrogens is 1. The van der Waals surface area contributed by atoms with Crippen LogP contribution in [0.3, 0.4) is 0 Å². The van der Waals surface area contributed by atoms with Crippen molar-refractivity contribution in [2.24, 2.45) is 5.92 Å². The van der Waals surface area contributed by atoms with Gasteiger partial charge in [-0.05, 0) is 49.0 Å². The van der Waals surface area contributed by atoms with Gasteiger partial charge < -0.3 is 10.3 Å². The van der Waals surface area contributed by atoms with Crippen LogP contribution in [0, 0.1) is 10.7 Å². The minimum atomic E-state index is 0.622. The Kier molecular flexibility index (Phi) is 1.92. The minimum absolute atomic E-state index is 0.622. The van der Waals surface area contributed by atoms with Crippen LogP contribution in [-0.2, 0) is 6.42 Å². The standard InChI is InChI=1S/C10H13N3S/c14-10-12-5-8-7-1-6(3-11-4-7)2-9(8)13-10/h5-7,11H,1-4H2,(H,12,13,14). The summed E-state index contributed by atoms with van der Waals surface area (Å²) in [6.45, 7) is 2.24. The van der Waals surface area contributed by atoms with Crippen LogP contribution in [-0.4, -0.2) is 23.1 Å². The third-order valence-corrected chi connectivity index (χ3v) is 3.51. The quantitative estimate of drug-likeness (QED) is 0.632. The molecule has 3 nitrogen and oxygen atoms in total. The van der Waals surface area contributed by atoms with Crippen LogP contribution in [0.1, 0.15) is 23.6 Å². The van der Waals surface area contributed by atoms with Gasteiger partial charge in [0, 0.05) is 18.4 Å². The van der Waals surface area contributed by atoms with Gasteiger partial charge in [-0.15, -0.1) is 0 Å². The third-order valence-electron chi connectivity index (χ3n) is 3.30. The largest absolute Gasteiger partial charge is 0.334 e. The zero-order valence-corrected chi connectivity index (χ0v) is 8.73. The molecule has 0 amide bonds. The second-order valence-electron chi connectivity index (χ2n) is 4.28. The Morgan fingerprint density at radius 2 is 2.36 bits per heavy atom. The SMILES string of the molecule is S=c1ncc2c([nH]1)CC1CNCC2C1. The summed E-state index contributed by atoms with van der Waals surface area (Å²) < 4.78 is 0.622. The molecule has 1 aromatic rings. The van der Waals surface area contributed by atoms with Crippen LogP contribution < -0.4 is 5.32 Å². The maximum atomic E-state index is 5.05. The van der Waals surface area contributed by atoms with Gasteiger partial charge in [-0.2, -0.15) is 0 Å². The number of hydrogen-bond donors (Lipinski definition) is 2. The van der Waals surface area contributed by atoms with Crippen molar-refractivity contribution in [1.82, 2.24) is 15.3 Å². The zero-order chi connectivity index (χ0) is 9.54. The highest BCUT2D eigenvalue weighted by molar-refractivity contribution is 7.71. The molecule has 0 aromatic carbocycles. The Morgan fingerprint density at radius 3 is 3.29 bits per heavy atom. The lowest BCUT2D eigenvalue weighted by atomic mass is 9.77. The molecule has 0 radical (unpaired) electrons. The lowest BCUT2D eigenvalue weighted by Gasteiger charge is -2.35. The molecular formula is C10H13N3S. The molecule has 14 heavy (non-hydrogen) atoms. The van der Waals surface area contributed by atoms with E-state index in [4.69, 9.17) is 12.2 Å². The number of fused-ring (bicyclic) bond motifs is 4. The Labute approximate surface area is 88.0 Å². The first kappa shape index (κ1) is 8.56. The Hall–Kier alpha value is -0.740. The van der Waals surface area contributed by atoms with Crippen LogP contribution in [0.2, 0.25) is 0 Å². The van der Waals surface area contributed by atoms with E-state index in [1.54, 1.807) is 0 Å². The summed E-state index contributed by atoms with van der Waals surface area (Å²) in [6.07, 6.45) is 4.40. The molecule has 2 atom stereocenters. The number of hydrogen-bond acceptors (Lipinski definition) is 3. The Bertz CT molecular complexity index is 412. The summed E-state index contributed by atoms with van der Waals surface area (Å²) in [6, 6.07) is 0. The first-order valence-corrected chi connectivity index (χ1v) is 5.52. The van der Waals surface area contributed by atoms with Gasteiger partial charge in [-0.3, -0.25) is 0 Å². The van der Waals surface area contributed by atoms with E-state index in [9.17, 15) is 0 Å². The Morgan fingerprint density at radius 1 is 1.43 bits per heavy atom. The number of aromatic nitrogens is 2. The van der Waals surface area contributed by atoms with Crippen molar-refractivity contribution in [3.05, 3.63) is 22.2 Å². The van der Waals surface area contributed by atoms with Crippen LogP contribution >= 0.6 is 12.2 Å². The van der Waals surface area contributed by atoms with Crippen molar-refractivity contribution in [2.75, 3.05) is 13.1 Å². The van der Waals surface area contributed by atoms with Gasteiger partial charge >= 0.3 is 0 Å². The third kappa shape index (κ3) is 1.29. The predicted molar refractivity (Wildman–Crippen MR) is 56.8 cm³/mol. The molecule has 2 unspecified atom stereocenters. The fourth-order valence-corrected chi connectivity index (χ4v) is 2.85. The molecule has 0 spiro atoms. The molecular weight excluding hydrogens is 194 g/mol. The summed E-state index contributed by atoms with van der Waals surface area (Å²) in [5.74, 6) is 1.44. The predicted octanol–water partition coefficient (Wildman–Crippen LogP) is 1.39. The number of piperidine rings is 1. The summed E-state index contributed by atoms with van der Waals surface area (Å²) in [5, 5.41) is 3.47. The summed E-state index contributed by atoms with van der Waals surface area (Å²) in [4.78, 5) is 7.40. The van der Waals surface area contributed by atoms with Crippen molar-refractivity contribution in [2.45, 2.75) is 18.8 Å². The van der Waals surface area contributed by atoms with Crippen molar-refractivity contribution in [3.63, 3.8) is 0 Å². The smallest absolute Gasteiger partial charge is 0.196 e. The molecule has 0 saturated carbocycles. The van der Waals surface area contributed by atoms with E-state index in [-0.39, 0.29) is 0 Å². The van der Waals surface area contributed by atoms with E-state index in [2.05, 4.69) is 15.3 Å². The monoisotopic (exact) mass is 207 g/mol. The maximum Gasteiger partial charge on any atom is 0.196 e. The topological polar surface area (TPSA) is 40.7 Å². The van der Waals surface area contributed by atoms with Crippen molar-refractivity contribution in [3.8, 4) is 0 Å². The van der Waals surface area contributed by atoms with Gasteiger partial charge in [0.05, 0.1) is 0 Å². The van der Waals surface area contributed by atoms with Crippen LogP contribution in [0.5, 0.6) is 0 Å². The highest BCUT2D eigenvalue weighted by Crippen LogP contribution is 2.34. The average molecular weight is 207 g/mol. The molecule has 1 aromatic heterocycles.